The molecule has 0 aliphatic heterocycles. The minimum atomic E-state index is -3.49. The van der Waals surface area contributed by atoms with Gasteiger partial charge in [0.05, 0.1) is 4.90 Å². The lowest BCUT2D eigenvalue weighted by atomic mass is 10.0. The molecule has 0 radical (unpaired) electrons. The van der Waals surface area contributed by atoms with Crippen LogP contribution in [0.3, 0.4) is 0 Å². The van der Waals surface area contributed by atoms with E-state index in [4.69, 9.17) is 0 Å². The van der Waals surface area contributed by atoms with Crippen LogP contribution >= 0.6 is 0 Å². The quantitative estimate of drug-likeness (QED) is 0.814. The van der Waals surface area contributed by atoms with Crippen molar-refractivity contribution in [1.82, 2.24) is 10.0 Å². The molecule has 0 spiro atoms. The minimum absolute atomic E-state index is 0.0392. The second-order valence-electron chi connectivity index (χ2n) is 5.95. The Morgan fingerprint density at radius 1 is 1.19 bits per heavy atom. The third-order valence-electron chi connectivity index (χ3n) is 3.90. The maximum Gasteiger partial charge on any atom is 0.241 e. The molecule has 21 heavy (non-hydrogen) atoms. The normalized spacial score (nSPS) is 13.7. The first kappa shape index (κ1) is 18.1. The monoisotopic (exact) mass is 312 g/mol. The Morgan fingerprint density at radius 2 is 1.81 bits per heavy atom. The predicted octanol–water partition coefficient (Wildman–Crippen LogP) is 2.74. The van der Waals surface area contributed by atoms with E-state index in [-0.39, 0.29) is 12.0 Å². The highest BCUT2D eigenvalue weighted by Crippen LogP contribution is 2.22. The molecule has 0 saturated heterocycles. The van der Waals surface area contributed by atoms with Crippen molar-refractivity contribution in [1.29, 1.82) is 0 Å². The van der Waals surface area contributed by atoms with Crippen LogP contribution in [0.5, 0.6) is 0 Å². The molecule has 5 heteroatoms. The number of hydrogen-bond acceptors (Lipinski definition) is 3. The fourth-order valence-electron chi connectivity index (χ4n) is 2.44. The third kappa shape index (κ3) is 4.53. The van der Waals surface area contributed by atoms with Crippen LogP contribution < -0.4 is 10.0 Å². The maximum absolute atomic E-state index is 12.7. The molecule has 1 atom stereocenters. The second kappa shape index (κ2) is 7.38. The molecule has 0 saturated carbocycles. The minimum Gasteiger partial charge on any atom is -0.316 e. The predicted molar refractivity (Wildman–Crippen MR) is 87.9 cm³/mol. The van der Waals surface area contributed by atoms with Gasteiger partial charge in [0.2, 0.25) is 10.0 Å². The Labute approximate surface area is 129 Å². The maximum atomic E-state index is 12.7. The van der Waals surface area contributed by atoms with E-state index in [2.05, 4.69) is 10.0 Å². The van der Waals surface area contributed by atoms with Crippen LogP contribution in [-0.4, -0.2) is 21.5 Å². The summed E-state index contributed by atoms with van der Waals surface area (Å²) < 4.78 is 28.3. The van der Waals surface area contributed by atoms with Gasteiger partial charge in [0.25, 0.3) is 0 Å². The molecule has 4 nitrogen and oxygen atoms in total. The lowest BCUT2D eigenvalue weighted by Crippen LogP contribution is -2.38. The molecule has 1 aromatic rings. The van der Waals surface area contributed by atoms with Crippen molar-refractivity contribution in [3.05, 3.63) is 28.8 Å². The number of aryl methyl sites for hydroxylation is 1. The van der Waals surface area contributed by atoms with Crippen LogP contribution in [0, 0.1) is 19.8 Å². The topological polar surface area (TPSA) is 58.2 Å². The van der Waals surface area contributed by atoms with Crippen LogP contribution in [0.25, 0.3) is 0 Å². The van der Waals surface area contributed by atoms with Gasteiger partial charge in [0.1, 0.15) is 0 Å². The average molecular weight is 312 g/mol. The van der Waals surface area contributed by atoms with Crippen LogP contribution in [0.2, 0.25) is 0 Å². The molecule has 1 rings (SSSR count). The van der Waals surface area contributed by atoms with E-state index in [1.54, 1.807) is 6.07 Å². The first-order valence-corrected chi connectivity index (χ1v) is 8.98. The largest absolute Gasteiger partial charge is 0.316 e. The van der Waals surface area contributed by atoms with Gasteiger partial charge < -0.3 is 5.32 Å². The SMILES string of the molecule is CCC(NS(=O)(=O)c1cc(CNC)cc(C)c1C)C(C)C. The summed E-state index contributed by atoms with van der Waals surface area (Å²) in [5.41, 5.74) is 2.81. The fraction of sp³-hybridized carbons (Fsp3) is 0.625. The summed E-state index contributed by atoms with van der Waals surface area (Å²) in [4.78, 5) is 0.395. The first-order valence-electron chi connectivity index (χ1n) is 7.50. The van der Waals surface area contributed by atoms with Crippen molar-refractivity contribution >= 4 is 10.0 Å². The van der Waals surface area contributed by atoms with E-state index < -0.39 is 10.0 Å². The molecule has 2 N–H and O–H groups in total. The Balaban J connectivity index is 3.24. The Kier molecular flexibility index (Phi) is 6.38. The molecule has 0 aliphatic carbocycles. The third-order valence-corrected chi connectivity index (χ3v) is 5.52. The summed E-state index contributed by atoms with van der Waals surface area (Å²) >= 11 is 0. The number of nitrogens with one attached hydrogen (secondary N) is 2. The summed E-state index contributed by atoms with van der Waals surface area (Å²) in [5.74, 6) is 0.270. The molecule has 1 aromatic carbocycles. The average Bonchev–Trinajstić information content (AvgIpc) is 2.39. The van der Waals surface area contributed by atoms with Crippen molar-refractivity contribution in [3.8, 4) is 0 Å². The number of sulfonamides is 1. The molecule has 0 bridgehead atoms. The standard InChI is InChI=1S/C16H28N2O2S/c1-7-15(11(2)3)18-21(19,20)16-9-14(10-17-6)8-12(4)13(16)5/h8-9,11,15,17-18H,7,10H2,1-6H3. The smallest absolute Gasteiger partial charge is 0.241 e. The van der Waals surface area contributed by atoms with E-state index in [0.717, 1.165) is 23.1 Å². The summed E-state index contributed by atoms with van der Waals surface area (Å²) in [6, 6.07) is 3.77. The zero-order valence-electron chi connectivity index (χ0n) is 13.9. The van der Waals surface area contributed by atoms with Crippen molar-refractivity contribution < 1.29 is 8.42 Å². The molecular weight excluding hydrogens is 284 g/mol. The van der Waals surface area contributed by atoms with Gasteiger partial charge in [-0.15, -0.1) is 0 Å². The number of benzene rings is 1. The summed E-state index contributed by atoms with van der Waals surface area (Å²) in [6.07, 6.45) is 0.783. The van der Waals surface area contributed by atoms with Crippen molar-refractivity contribution in [2.45, 2.75) is 58.5 Å². The van der Waals surface area contributed by atoms with Crippen LogP contribution in [-0.2, 0) is 16.6 Å². The first-order chi connectivity index (χ1) is 9.72. The lowest BCUT2D eigenvalue weighted by molar-refractivity contribution is 0.437. The summed E-state index contributed by atoms with van der Waals surface area (Å²) in [7, 11) is -1.63. The molecule has 1 unspecified atom stereocenters. The zero-order valence-corrected chi connectivity index (χ0v) is 14.8. The van der Waals surface area contributed by atoms with Gasteiger partial charge in [0, 0.05) is 12.6 Å². The van der Waals surface area contributed by atoms with E-state index in [1.165, 1.54) is 0 Å². The van der Waals surface area contributed by atoms with Gasteiger partial charge in [-0.3, -0.25) is 0 Å². The van der Waals surface area contributed by atoms with E-state index in [9.17, 15) is 8.42 Å². The van der Waals surface area contributed by atoms with Crippen molar-refractivity contribution in [2.24, 2.45) is 5.92 Å². The lowest BCUT2D eigenvalue weighted by Gasteiger charge is -2.22. The molecule has 120 valence electrons. The van der Waals surface area contributed by atoms with Crippen molar-refractivity contribution in [3.63, 3.8) is 0 Å². The van der Waals surface area contributed by atoms with Crippen LogP contribution in [0.4, 0.5) is 0 Å². The highest BCUT2D eigenvalue weighted by atomic mass is 32.2. The molecular formula is C16H28N2O2S. The highest BCUT2D eigenvalue weighted by molar-refractivity contribution is 7.89. The Hall–Kier alpha value is -0.910. The molecule has 0 fully saturated rings. The van der Waals surface area contributed by atoms with E-state index >= 15 is 0 Å². The van der Waals surface area contributed by atoms with E-state index in [1.807, 2.05) is 47.7 Å². The molecule has 0 aliphatic rings. The summed E-state index contributed by atoms with van der Waals surface area (Å²) in [5, 5.41) is 3.06. The molecule has 0 aromatic heterocycles. The highest BCUT2D eigenvalue weighted by Gasteiger charge is 2.23. The van der Waals surface area contributed by atoms with Gasteiger partial charge >= 0.3 is 0 Å². The molecule has 0 heterocycles. The van der Waals surface area contributed by atoms with Crippen LogP contribution in [0.15, 0.2) is 17.0 Å². The number of rotatable bonds is 7. The van der Waals surface area contributed by atoms with Gasteiger partial charge in [-0.1, -0.05) is 26.8 Å². The molecule has 0 amide bonds. The van der Waals surface area contributed by atoms with Crippen LogP contribution in [0.1, 0.15) is 43.9 Å². The zero-order chi connectivity index (χ0) is 16.2. The Bertz CT molecular complexity index is 580. The fourth-order valence-corrected chi connectivity index (χ4v) is 4.27. The van der Waals surface area contributed by atoms with Gasteiger partial charge in [-0.25, -0.2) is 13.1 Å². The van der Waals surface area contributed by atoms with Gasteiger partial charge in [-0.2, -0.15) is 0 Å². The van der Waals surface area contributed by atoms with E-state index in [0.29, 0.717) is 11.4 Å². The van der Waals surface area contributed by atoms with Gasteiger partial charge in [-0.05, 0) is 56.0 Å². The summed E-state index contributed by atoms with van der Waals surface area (Å²) in [6.45, 7) is 10.5. The van der Waals surface area contributed by atoms with Crippen molar-refractivity contribution in [2.75, 3.05) is 7.05 Å². The number of hydrogen-bond donors (Lipinski definition) is 2. The Morgan fingerprint density at radius 3 is 2.29 bits per heavy atom. The second-order valence-corrected chi connectivity index (χ2v) is 7.63. The van der Waals surface area contributed by atoms with Gasteiger partial charge in [0.15, 0.2) is 0 Å².